The van der Waals surface area contributed by atoms with Crippen molar-refractivity contribution in [2.75, 3.05) is 19.6 Å². The molecule has 1 atom stereocenters. The molecule has 1 aliphatic heterocycles. The van der Waals surface area contributed by atoms with E-state index in [0.29, 0.717) is 11.6 Å². The number of hydrogen-bond acceptors (Lipinski definition) is 2. The summed E-state index contributed by atoms with van der Waals surface area (Å²) in [5.74, 6) is 0.741. The van der Waals surface area contributed by atoms with Crippen LogP contribution >= 0.6 is 0 Å². The second-order valence-corrected chi connectivity index (χ2v) is 5.42. The van der Waals surface area contributed by atoms with E-state index in [4.69, 9.17) is 0 Å². The van der Waals surface area contributed by atoms with E-state index in [1.807, 2.05) is 0 Å². The molecule has 1 aliphatic rings. The second-order valence-electron chi connectivity index (χ2n) is 5.42. The smallest absolute Gasteiger partial charge is 0.0218 e. The van der Waals surface area contributed by atoms with Crippen LogP contribution in [0.3, 0.4) is 0 Å². The summed E-state index contributed by atoms with van der Waals surface area (Å²) in [7, 11) is 0. The second kappa shape index (κ2) is 3.97. The summed E-state index contributed by atoms with van der Waals surface area (Å²) in [6, 6.07) is 0.674. The summed E-state index contributed by atoms with van der Waals surface area (Å²) in [6.45, 7) is 15.0. The summed E-state index contributed by atoms with van der Waals surface area (Å²) >= 11 is 0. The Morgan fingerprint density at radius 1 is 1.31 bits per heavy atom. The molecule has 0 saturated carbocycles. The lowest BCUT2D eigenvalue weighted by Gasteiger charge is -2.43. The number of hydrogen-bond donors (Lipinski definition) is 1. The average Bonchev–Trinajstić information content (AvgIpc) is 2.03. The van der Waals surface area contributed by atoms with Gasteiger partial charge in [0, 0.05) is 31.2 Å². The maximum atomic E-state index is 3.58. The Morgan fingerprint density at radius 2 is 1.92 bits per heavy atom. The van der Waals surface area contributed by atoms with Crippen LogP contribution in [0.2, 0.25) is 0 Å². The molecule has 0 bridgehead atoms. The molecule has 0 radical (unpaired) electrons. The van der Waals surface area contributed by atoms with Crippen molar-refractivity contribution in [3.8, 4) is 0 Å². The van der Waals surface area contributed by atoms with Crippen LogP contribution in [0.15, 0.2) is 0 Å². The fraction of sp³-hybridized carbons (Fsp3) is 1.00. The van der Waals surface area contributed by atoms with Gasteiger partial charge in [-0.15, -0.1) is 0 Å². The third-order valence-electron chi connectivity index (χ3n) is 2.96. The van der Waals surface area contributed by atoms with Crippen molar-refractivity contribution < 1.29 is 0 Å². The first kappa shape index (κ1) is 11.0. The summed E-state index contributed by atoms with van der Waals surface area (Å²) in [4.78, 5) is 2.58. The zero-order valence-electron chi connectivity index (χ0n) is 9.72. The number of nitrogens with zero attached hydrogens (tertiary/aromatic N) is 1. The molecule has 1 saturated heterocycles. The fourth-order valence-corrected chi connectivity index (χ4v) is 1.83. The van der Waals surface area contributed by atoms with E-state index in [1.54, 1.807) is 0 Å². The van der Waals surface area contributed by atoms with Gasteiger partial charge in [-0.1, -0.05) is 13.8 Å². The lowest BCUT2D eigenvalue weighted by atomic mass is 9.97. The van der Waals surface area contributed by atoms with Gasteiger partial charge in [-0.25, -0.2) is 0 Å². The molecule has 0 aromatic heterocycles. The van der Waals surface area contributed by atoms with Gasteiger partial charge in [0.1, 0.15) is 0 Å². The van der Waals surface area contributed by atoms with Crippen LogP contribution < -0.4 is 5.32 Å². The molecule has 0 aromatic rings. The molecule has 0 amide bonds. The summed E-state index contributed by atoms with van der Waals surface area (Å²) in [5, 5.41) is 3.58. The Balaban J connectivity index is 2.52. The van der Waals surface area contributed by atoms with E-state index in [2.05, 4.69) is 44.8 Å². The van der Waals surface area contributed by atoms with Crippen LogP contribution in [-0.2, 0) is 0 Å². The fourth-order valence-electron chi connectivity index (χ4n) is 1.83. The third-order valence-corrected chi connectivity index (χ3v) is 2.96. The van der Waals surface area contributed by atoms with E-state index >= 15 is 0 Å². The van der Waals surface area contributed by atoms with Gasteiger partial charge < -0.3 is 5.32 Å². The molecule has 13 heavy (non-hydrogen) atoms. The van der Waals surface area contributed by atoms with Crippen molar-refractivity contribution in [1.82, 2.24) is 10.2 Å². The van der Waals surface area contributed by atoms with Gasteiger partial charge in [0.2, 0.25) is 0 Å². The minimum atomic E-state index is 0.329. The largest absolute Gasteiger partial charge is 0.311 e. The van der Waals surface area contributed by atoms with Crippen LogP contribution in [-0.4, -0.2) is 36.1 Å². The van der Waals surface area contributed by atoms with Crippen LogP contribution in [0.5, 0.6) is 0 Å². The normalized spacial score (nSPS) is 26.8. The zero-order valence-corrected chi connectivity index (χ0v) is 9.72. The molecule has 2 nitrogen and oxygen atoms in total. The van der Waals surface area contributed by atoms with E-state index in [-0.39, 0.29) is 0 Å². The topological polar surface area (TPSA) is 15.3 Å². The molecule has 1 rings (SSSR count). The monoisotopic (exact) mass is 184 g/mol. The summed E-state index contributed by atoms with van der Waals surface area (Å²) < 4.78 is 0. The minimum absolute atomic E-state index is 0.329. The molecule has 0 spiro atoms. The SMILES string of the molecule is CC(C)[C@H]1CN(C(C)(C)C)CCN1. The Bertz CT molecular complexity index is 158. The van der Waals surface area contributed by atoms with Crippen molar-refractivity contribution in [1.29, 1.82) is 0 Å². The summed E-state index contributed by atoms with van der Waals surface area (Å²) in [5.41, 5.74) is 0.329. The van der Waals surface area contributed by atoms with E-state index in [9.17, 15) is 0 Å². The Labute approximate surface area is 82.7 Å². The van der Waals surface area contributed by atoms with Crippen LogP contribution in [0.25, 0.3) is 0 Å². The quantitative estimate of drug-likeness (QED) is 0.667. The highest BCUT2D eigenvalue weighted by Gasteiger charge is 2.28. The maximum Gasteiger partial charge on any atom is 0.0218 e. The van der Waals surface area contributed by atoms with Gasteiger partial charge in [-0.2, -0.15) is 0 Å². The van der Waals surface area contributed by atoms with Crippen molar-refractivity contribution >= 4 is 0 Å². The average molecular weight is 184 g/mol. The van der Waals surface area contributed by atoms with Gasteiger partial charge in [-0.05, 0) is 26.7 Å². The van der Waals surface area contributed by atoms with Crippen LogP contribution in [0.1, 0.15) is 34.6 Å². The number of piperazine rings is 1. The number of nitrogens with one attached hydrogen (secondary N) is 1. The summed E-state index contributed by atoms with van der Waals surface area (Å²) in [6.07, 6.45) is 0. The molecule has 2 heteroatoms. The molecule has 1 fully saturated rings. The highest BCUT2D eigenvalue weighted by Crippen LogP contribution is 2.17. The molecule has 0 aliphatic carbocycles. The van der Waals surface area contributed by atoms with Gasteiger partial charge in [0.15, 0.2) is 0 Å². The van der Waals surface area contributed by atoms with Crippen molar-refractivity contribution in [3.05, 3.63) is 0 Å². The highest BCUT2D eigenvalue weighted by molar-refractivity contribution is 4.86. The van der Waals surface area contributed by atoms with Crippen molar-refractivity contribution in [2.45, 2.75) is 46.2 Å². The Kier molecular flexibility index (Phi) is 3.36. The minimum Gasteiger partial charge on any atom is -0.311 e. The van der Waals surface area contributed by atoms with E-state index in [1.165, 1.54) is 13.1 Å². The first-order valence-corrected chi connectivity index (χ1v) is 5.39. The van der Waals surface area contributed by atoms with Gasteiger partial charge in [-0.3, -0.25) is 4.90 Å². The van der Waals surface area contributed by atoms with Crippen LogP contribution in [0, 0.1) is 5.92 Å². The predicted octanol–water partition coefficient (Wildman–Crippen LogP) is 1.71. The first-order chi connectivity index (χ1) is 5.91. The maximum absolute atomic E-state index is 3.58. The number of rotatable bonds is 1. The lowest BCUT2D eigenvalue weighted by molar-refractivity contribution is 0.0839. The third kappa shape index (κ3) is 2.96. The van der Waals surface area contributed by atoms with E-state index in [0.717, 1.165) is 12.5 Å². The highest BCUT2D eigenvalue weighted by atomic mass is 15.2. The molecule has 78 valence electrons. The van der Waals surface area contributed by atoms with Gasteiger partial charge in [0.25, 0.3) is 0 Å². The Hall–Kier alpha value is -0.0800. The Morgan fingerprint density at radius 3 is 2.38 bits per heavy atom. The predicted molar refractivity (Wildman–Crippen MR) is 58.0 cm³/mol. The molecule has 1 N–H and O–H groups in total. The molecule has 1 heterocycles. The lowest BCUT2D eigenvalue weighted by Crippen LogP contribution is -2.58. The van der Waals surface area contributed by atoms with Gasteiger partial charge in [0.05, 0.1) is 0 Å². The molecular formula is C11H24N2. The van der Waals surface area contributed by atoms with E-state index < -0.39 is 0 Å². The molecular weight excluding hydrogens is 160 g/mol. The standard InChI is InChI=1S/C11H24N2/c1-9(2)10-8-13(7-6-12-10)11(3,4)5/h9-10,12H,6-8H2,1-5H3/t10-/m1/s1. The zero-order chi connectivity index (χ0) is 10.1. The molecule has 0 aromatic carbocycles. The van der Waals surface area contributed by atoms with Crippen LogP contribution in [0.4, 0.5) is 0 Å². The van der Waals surface area contributed by atoms with Crippen molar-refractivity contribution in [2.24, 2.45) is 5.92 Å². The first-order valence-electron chi connectivity index (χ1n) is 5.39. The van der Waals surface area contributed by atoms with Crippen molar-refractivity contribution in [3.63, 3.8) is 0 Å². The van der Waals surface area contributed by atoms with Gasteiger partial charge >= 0.3 is 0 Å². The molecule has 0 unspecified atom stereocenters.